The first-order valence-electron chi connectivity index (χ1n) is 11.7. The lowest BCUT2D eigenvalue weighted by atomic mass is 9.87. The lowest BCUT2D eigenvalue weighted by Crippen LogP contribution is -2.51. The number of fused-ring (bicyclic) bond motifs is 1. The van der Waals surface area contributed by atoms with Gasteiger partial charge < -0.3 is 25.7 Å². The minimum atomic E-state index is -0.879. The monoisotopic (exact) mass is 501 g/mol. The summed E-state index contributed by atoms with van der Waals surface area (Å²) in [6.07, 6.45) is 2.09. The Labute approximate surface area is 209 Å². The molecule has 3 rings (SSSR count). The third-order valence-corrected chi connectivity index (χ3v) is 6.18. The molecule has 4 N–H and O–H groups in total. The molecule has 2 aromatic rings. The number of benzene rings is 1. The molecule has 0 spiro atoms. The van der Waals surface area contributed by atoms with Crippen molar-refractivity contribution in [2.45, 2.75) is 58.5 Å². The zero-order valence-corrected chi connectivity index (χ0v) is 21.2. The fourth-order valence-corrected chi connectivity index (χ4v) is 4.49. The number of aromatic amines is 1. The van der Waals surface area contributed by atoms with Gasteiger partial charge in [0, 0.05) is 22.9 Å². The highest BCUT2D eigenvalue weighted by molar-refractivity contribution is 6.31. The summed E-state index contributed by atoms with van der Waals surface area (Å²) in [5.74, 6) is -0.829. The molecule has 0 radical (unpaired) electrons. The normalized spacial score (nSPS) is 17.7. The molecule has 9 nitrogen and oxygen atoms in total. The van der Waals surface area contributed by atoms with E-state index in [2.05, 4.69) is 27.0 Å². The first-order chi connectivity index (χ1) is 16.5. The van der Waals surface area contributed by atoms with Gasteiger partial charge in [-0.15, -0.1) is 0 Å². The van der Waals surface area contributed by atoms with Crippen LogP contribution in [-0.4, -0.2) is 48.4 Å². The molecule has 0 bridgehead atoms. The molecule has 1 aromatic heterocycles. The second-order valence-electron chi connectivity index (χ2n) is 10.1. The molecular weight excluding hydrogens is 470 g/mol. The number of ether oxygens (including phenoxy) is 1. The van der Waals surface area contributed by atoms with Crippen LogP contribution in [0.4, 0.5) is 0 Å². The number of carbonyl (C=O) groups is 3. The standard InChI is InChI=1S/C25H32ClN5O4/c1-25(2,3)12-20(24(34)29-16(13-27)8-14-6-5-7-28-22(14)32)31-23(33)19-11-17-18(30-19)9-15(26)10-21(17)35-4/h9-11,14,16,20,30H,5-8,12H2,1-4H3,(H,28,32)(H,29,34)(H,31,33)/t14-,16-,20-/m0/s1. The van der Waals surface area contributed by atoms with Crippen LogP contribution in [0, 0.1) is 22.7 Å². The van der Waals surface area contributed by atoms with Crippen LogP contribution in [-0.2, 0) is 9.59 Å². The van der Waals surface area contributed by atoms with E-state index >= 15 is 0 Å². The first kappa shape index (κ1) is 26.4. The maximum Gasteiger partial charge on any atom is 0.268 e. The molecule has 1 aromatic carbocycles. The zero-order valence-electron chi connectivity index (χ0n) is 20.5. The maximum atomic E-state index is 13.2. The van der Waals surface area contributed by atoms with Gasteiger partial charge in [-0.1, -0.05) is 32.4 Å². The Morgan fingerprint density at radius 2 is 2.03 bits per heavy atom. The van der Waals surface area contributed by atoms with E-state index in [0.29, 0.717) is 41.1 Å². The molecule has 0 unspecified atom stereocenters. The van der Waals surface area contributed by atoms with E-state index in [-0.39, 0.29) is 29.4 Å². The fourth-order valence-electron chi connectivity index (χ4n) is 4.28. The highest BCUT2D eigenvalue weighted by Gasteiger charge is 2.31. The largest absolute Gasteiger partial charge is 0.496 e. The van der Waals surface area contributed by atoms with Gasteiger partial charge in [0.05, 0.1) is 18.7 Å². The SMILES string of the molecule is COc1cc(Cl)cc2[nH]c(C(=O)N[C@@H](CC(C)(C)C)C(=O)N[C@H](C#N)C[C@@H]3CCCNC3=O)cc12. The summed E-state index contributed by atoms with van der Waals surface area (Å²) in [6.45, 7) is 6.51. The van der Waals surface area contributed by atoms with Crippen LogP contribution in [0.5, 0.6) is 5.75 Å². The van der Waals surface area contributed by atoms with Gasteiger partial charge >= 0.3 is 0 Å². The average Bonchev–Trinajstić information content (AvgIpc) is 3.22. The van der Waals surface area contributed by atoms with E-state index in [9.17, 15) is 19.6 Å². The van der Waals surface area contributed by atoms with E-state index in [1.807, 2.05) is 20.8 Å². The topological polar surface area (TPSA) is 136 Å². The summed E-state index contributed by atoms with van der Waals surface area (Å²) in [4.78, 5) is 41.4. The van der Waals surface area contributed by atoms with Crippen LogP contribution in [0.25, 0.3) is 10.9 Å². The Hall–Kier alpha value is -3.25. The van der Waals surface area contributed by atoms with Crippen molar-refractivity contribution in [2.75, 3.05) is 13.7 Å². The summed E-state index contributed by atoms with van der Waals surface area (Å²) in [5, 5.41) is 19.1. The number of H-pyrrole nitrogens is 1. The first-order valence-corrected chi connectivity index (χ1v) is 12.0. The number of aromatic nitrogens is 1. The van der Waals surface area contributed by atoms with Crippen LogP contribution >= 0.6 is 11.6 Å². The van der Waals surface area contributed by atoms with E-state index in [4.69, 9.17) is 16.3 Å². The summed E-state index contributed by atoms with van der Waals surface area (Å²) < 4.78 is 5.35. The molecule has 1 saturated heterocycles. The van der Waals surface area contributed by atoms with E-state index in [1.54, 1.807) is 18.2 Å². The minimum Gasteiger partial charge on any atom is -0.496 e. The molecule has 0 saturated carbocycles. The molecular formula is C25H32ClN5O4. The Bertz CT molecular complexity index is 1150. The Balaban J connectivity index is 1.76. The molecule has 1 fully saturated rings. The molecule has 3 amide bonds. The van der Waals surface area contributed by atoms with E-state index in [1.165, 1.54) is 7.11 Å². The van der Waals surface area contributed by atoms with Gasteiger partial charge in [-0.3, -0.25) is 14.4 Å². The van der Waals surface area contributed by atoms with E-state index in [0.717, 1.165) is 6.42 Å². The maximum absolute atomic E-state index is 13.2. The summed E-state index contributed by atoms with van der Waals surface area (Å²) >= 11 is 6.13. The predicted octanol–water partition coefficient (Wildman–Crippen LogP) is 3.29. The zero-order chi connectivity index (χ0) is 25.8. The van der Waals surface area contributed by atoms with Crippen molar-refractivity contribution < 1.29 is 19.1 Å². The number of rotatable bonds is 8. The van der Waals surface area contributed by atoms with Gasteiger partial charge in [-0.05, 0) is 49.3 Å². The molecule has 3 atom stereocenters. The number of piperidine rings is 1. The fraction of sp³-hybridized carbons (Fsp3) is 0.520. The van der Waals surface area contributed by atoms with Gasteiger partial charge in [0.1, 0.15) is 23.5 Å². The molecule has 188 valence electrons. The van der Waals surface area contributed by atoms with Gasteiger partial charge in [0.25, 0.3) is 5.91 Å². The molecule has 1 aliphatic heterocycles. The van der Waals surface area contributed by atoms with Gasteiger partial charge in [-0.2, -0.15) is 5.26 Å². The van der Waals surface area contributed by atoms with E-state index < -0.39 is 23.9 Å². The number of hydrogen-bond acceptors (Lipinski definition) is 5. The average molecular weight is 502 g/mol. The summed E-state index contributed by atoms with van der Waals surface area (Å²) in [6, 6.07) is 5.36. The smallest absolute Gasteiger partial charge is 0.268 e. The van der Waals surface area contributed by atoms with Crippen LogP contribution < -0.4 is 20.7 Å². The lowest BCUT2D eigenvalue weighted by molar-refractivity contribution is -0.128. The van der Waals surface area contributed by atoms with Crippen LogP contribution in [0.3, 0.4) is 0 Å². The van der Waals surface area contributed by atoms with Crippen molar-refractivity contribution in [1.82, 2.24) is 20.9 Å². The van der Waals surface area contributed by atoms with Crippen molar-refractivity contribution in [1.29, 1.82) is 5.26 Å². The Morgan fingerprint density at radius 1 is 1.29 bits per heavy atom. The number of nitrogens with one attached hydrogen (secondary N) is 4. The van der Waals surface area contributed by atoms with Crippen LogP contribution in [0.15, 0.2) is 18.2 Å². The number of nitriles is 1. The van der Waals surface area contributed by atoms with Crippen molar-refractivity contribution in [3.63, 3.8) is 0 Å². The van der Waals surface area contributed by atoms with Crippen molar-refractivity contribution in [3.8, 4) is 11.8 Å². The predicted molar refractivity (Wildman–Crippen MR) is 133 cm³/mol. The number of nitrogens with zero attached hydrogens (tertiary/aromatic N) is 1. The number of halogens is 1. The quantitative estimate of drug-likeness (QED) is 0.440. The van der Waals surface area contributed by atoms with Crippen molar-refractivity contribution in [2.24, 2.45) is 11.3 Å². The van der Waals surface area contributed by atoms with Gasteiger partial charge in [0.15, 0.2) is 0 Å². The molecule has 2 heterocycles. The highest BCUT2D eigenvalue weighted by atomic mass is 35.5. The van der Waals surface area contributed by atoms with Crippen LogP contribution in [0.1, 0.15) is 56.9 Å². The Morgan fingerprint density at radius 3 is 2.66 bits per heavy atom. The third-order valence-electron chi connectivity index (χ3n) is 5.96. The number of hydrogen-bond donors (Lipinski definition) is 4. The van der Waals surface area contributed by atoms with Crippen LogP contribution in [0.2, 0.25) is 5.02 Å². The number of amides is 3. The summed E-state index contributed by atoms with van der Waals surface area (Å²) in [5.41, 5.74) is 0.604. The van der Waals surface area contributed by atoms with Crippen molar-refractivity contribution in [3.05, 3.63) is 28.9 Å². The summed E-state index contributed by atoms with van der Waals surface area (Å²) in [7, 11) is 1.52. The molecule has 1 aliphatic rings. The Kier molecular flexibility index (Phi) is 8.28. The second-order valence-corrected chi connectivity index (χ2v) is 10.5. The molecule has 0 aliphatic carbocycles. The molecule has 10 heteroatoms. The number of carbonyl (C=O) groups excluding carboxylic acids is 3. The minimum absolute atomic E-state index is 0.0976. The van der Waals surface area contributed by atoms with Gasteiger partial charge in [0.2, 0.25) is 11.8 Å². The lowest BCUT2D eigenvalue weighted by Gasteiger charge is -2.28. The second kappa shape index (κ2) is 11.0. The van der Waals surface area contributed by atoms with Crippen molar-refractivity contribution >= 4 is 40.2 Å². The highest BCUT2D eigenvalue weighted by Crippen LogP contribution is 2.30. The molecule has 35 heavy (non-hydrogen) atoms. The third kappa shape index (κ3) is 6.89. The number of methoxy groups -OCH3 is 1. The van der Waals surface area contributed by atoms with Gasteiger partial charge in [-0.25, -0.2) is 0 Å².